The number of nitrogens with zero attached hydrogens (tertiary/aromatic N) is 3. The molecular formula is C16H27N3O2. The van der Waals surface area contributed by atoms with Crippen molar-refractivity contribution in [2.75, 3.05) is 6.54 Å². The van der Waals surface area contributed by atoms with E-state index in [-0.39, 0.29) is 12.5 Å². The van der Waals surface area contributed by atoms with E-state index >= 15 is 0 Å². The van der Waals surface area contributed by atoms with Crippen molar-refractivity contribution in [3.05, 3.63) is 18.0 Å². The molecule has 1 aliphatic rings. The van der Waals surface area contributed by atoms with Crippen molar-refractivity contribution >= 4 is 5.97 Å². The van der Waals surface area contributed by atoms with Gasteiger partial charge in [-0.3, -0.25) is 14.4 Å². The summed E-state index contributed by atoms with van der Waals surface area (Å²) in [5.74, 6) is -0.742. The second kappa shape index (κ2) is 7.59. The number of carboxylic acids is 1. The quantitative estimate of drug-likeness (QED) is 0.839. The van der Waals surface area contributed by atoms with Crippen molar-refractivity contribution in [2.24, 2.45) is 0 Å². The fourth-order valence-electron chi connectivity index (χ4n) is 3.18. The molecule has 5 nitrogen and oxygen atoms in total. The SMILES string of the molecule is CCN(Cc1ccn(C2CCCCC2)n1)C(C)CC(=O)O. The number of carboxylic acid groups (broad SMARTS) is 1. The molecule has 0 radical (unpaired) electrons. The van der Waals surface area contributed by atoms with Gasteiger partial charge in [-0.25, -0.2) is 0 Å². The lowest BCUT2D eigenvalue weighted by Crippen LogP contribution is -2.34. The number of hydrogen-bond acceptors (Lipinski definition) is 3. The fraction of sp³-hybridized carbons (Fsp3) is 0.750. The predicted molar refractivity (Wildman–Crippen MR) is 82.1 cm³/mol. The molecule has 1 aromatic heterocycles. The summed E-state index contributed by atoms with van der Waals surface area (Å²) in [6.07, 6.45) is 8.67. The lowest BCUT2D eigenvalue weighted by molar-refractivity contribution is -0.138. The van der Waals surface area contributed by atoms with E-state index in [1.54, 1.807) is 0 Å². The highest BCUT2D eigenvalue weighted by molar-refractivity contribution is 5.67. The van der Waals surface area contributed by atoms with Gasteiger partial charge in [-0.1, -0.05) is 26.2 Å². The molecule has 118 valence electrons. The molecule has 2 rings (SSSR count). The molecule has 1 heterocycles. The Morgan fingerprint density at radius 2 is 2.19 bits per heavy atom. The summed E-state index contributed by atoms with van der Waals surface area (Å²) in [4.78, 5) is 13.0. The Morgan fingerprint density at radius 1 is 1.48 bits per heavy atom. The first-order valence-corrected chi connectivity index (χ1v) is 8.10. The first-order valence-electron chi connectivity index (χ1n) is 8.10. The zero-order valence-electron chi connectivity index (χ0n) is 13.2. The van der Waals surface area contributed by atoms with Gasteiger partial charge in [0.05, 0.1) is 18.2 Å². The lowest BCUT2D eigenvalue weighted by Gasteiger charge is -2.26. The highest BCUT2D eigenvalue weighted by atomic mass is 16.4. The van der Waals surface area contributed by atoms with Crippen molar-refractivity contribution in [3.63, 3.8) is 0 Å². The maximum atomic E-state index is 10.8. The molecule has 1 unspecified atom stereocenters. The van der Waals surface area contributed by atoms with E-state index in [2.05, 4.69) is 28.8 Å². The van der Waals surface area contributed by atoms with E-state index in [1.807, 2.05) is 6.92 Å². The number of rotatable bonds is 7. The molecule has 5 heteroatoms. The van der Waals surface area contributed by atoms with Crippen LogP contribution in [0.25, 0.3) is 0 Å². The second-order valence-corrected chi connectivity index (χ2v) is 6.09. The largest absolute Gasteiger partial charge is 0.481 e. The second-order valence-electron chi connectivity index (χ2n) is 6.09. The van der Waals surface area contributed by atoms with Gasteiger partial charge in [0, 0.05) is 18.8 Å². The van der Waals surface area contributed by atoms with Crippen molar-refractivity contribution in [1.29, 1.82) is 0 Å². The molecule has 1 fully saturated rings. The molecular weight excluding hydrogens is 266 g/mol. The third-order valence-electron chi connectivity index (χ3n) is 4.48. The van der Waals surface area contributed by atoms with Crippen molar-refractivity contribution < 1.29 is 9.90 Å². The topological polar surface area (TPSA) is 58.4 Å². The van der Waals surface area contributed by atoms with E-state index in [9.17, 15) is 4.79 Å². The van der Waals surface area contributed by atoms with E-state index in [4.69, 9.17) is 10.2 Å². The van der Waals surface area contributed by atoms with Crippen LogP contribution in [0.3, 0.4) is 0 Å². The van der Waals surface area contributed by atoms with Gasteiger partial charge in [0.25, 0.3) is 0 Å². The molecule has 0 spiro atoms. The molecule has 1 aromatic rings. The molecule has 0 saturated heterocycles. The molecule has 0 amide bonds. The van der Waals surface area contributed by atoms with E-state index in [0.29, 0.717) is 6.04 Å². The maximum absolute atomic E-state index is 10.8. The molecule has 0 aliphatic heterocycles. The van der Waals surface area contributed by atoms with Gasteiger partial charge in [0.2, 0.25) is 0 Å². The summed E-state index contributed by atoms with van der Waals surface area (Å²) in [5, 5.41) is 13.6. The minimum atomic E-state index is -0.742. The van der Waals surface area contributed by atoms with Crippen LogP contribution in [0.5, 0.6) is 0 Å². The molecule has 1 atom stereocenters. The van der Waals surface area contributed by atoms with Crippen LogP contribution in [0, 0.1) is 0 Å². The average Bonchev–Trinajstić information content (AvgIpc) is 2.93. The molecule has 1 aliphatic carbocycles. The minimum absolute atomic E-state index is 0.0346. The highest BCUT2D eigenvalue weighted by Gasteiger charge is 2.19. The summed E-state index contributed by atoms with van der Waals surface area (Å²) >= 11 is 0. The van der Waals surface area contributed by atoms with Crippen LogP contribution < -0.4 is 0 Å². The molecule has 21 heavy (non-hydrogen) atoms. The van der Waals surface area contributed by atoms with Crippen LogP contribution in [0.1, 0.15) is 64.1 Å². The fourth-order valence-corrected chi connectivity index (χ4v) is 3.18. The highest BCUT2D eigenvalue weighted by Crippen LogP contribution is 2.27. The Bertz CT molecular complexity index is 452. The number of aromatic nitrogens is 2. The third-order valence-corrected chi connectivity index (χ3v) is 4.48. The van der Waals surface area contributed by atoms with Gasteiger partial charge >= 0.3 is 5.97 Å². The van der Waals surface area contributed by atoms with Crippen LogP contribution in [0.4, 0.5) is 0 Å². The van der Waals surface area contributed by atoms with Crippen molar-refractivity contribution in [1.82, 2.24) is 14.7 Å². The normalized spacial score (nSPS) is 18.0. The Hall–Kier alpha value is -1.36. The Morgan fingerprint density at radius 3 is 2.81 bits per heavy atom. The van der Waals surface area contributed by atoms with Crippen LogP contribution in [-0.2, 0) is 11.3 Å². The summed E-state index contributed by atoms with van der Waals surface area (Å²) in [6.45, 7) is 5.60. The summed E-state index contributed by atoms with van der Waals surface area (Å²) < 4.78 is 2.12. The smallest absolute Gasteiger partial charge is 0.304 e. The van der Waals surface area contributed by atoms with E-state index in [1.165, 1.54) is 32.1 Å². The Kier molecular flexibility index (Phi) is 5.79. The molecule has 1 N–H and O–H groups in total. The standard InChI is InChI=1S/C16H27N3O2/c1-3-18(13(2)11-16(20)21)12-14-9-10-19(17-14)15-7-5-4-6-8-15/h9-10,13,15H,3-8,11-12H2,1-2H3,(H,20,21). The van der Waals surface area contributed by atoms with E-state index < -0.39 is 5.97 Å². The first-order chi connectivity index (χ1) is 10.1. The minimum Gasteiger partial charge on any atom is -0.481 e. The van der Waals surface area contributed by atoms with Crippen molar-refractivity contribution in [2.45, 2.75) is 71.0 Å². The maximum Gasteiger partial charge on any atom is 0.304 e. The van der Waals surface area contributed by atoms with Gasteiger partial charge < -0.3 is 5.11 Å². The summed E-state index contributed by atoms with van der Waals surface area (Å²) in [7, 11) is 0. The van der Waals surface area contributed by atoms with Crippen LogP contribution in [0.2, 0.25) is 0 Å². The Balaban J connectivity index is 1.95. The monoisotopic (exact) mass is 293 g/mol. The zero-order valence-corrected chi connectivity index (χ0v) is 13.2. The van der Waals surface area contributed by atoms with Gasteiger partial charge in [-0.2, -0.15) is 5.10 Å². The van der Waals surface area contributed by atoms with Gasteiger partial charge in [-0.15, -0.1) is 0 Å². The molecule has 0 aromatic carbocycles. The van der Waals surface area contributed by atoms with Crippen LogP contribution in [0.15, 0.2) is 12.3 Å². The predicted octanol–water partition coefficient (Wildman–Crippen LogP) is 3.07. The van der Waals surface area contributed by atoms with Gasteiger partial charge in [-0.05, 0) is 32.4 Å². The van der Waals surface area contributed by atoms with Gasteiger partial charge in [0.1, 0.15) is 0 Å². The molecule has 0 bridgehead atoms. The van der Waals surface area contributed by atoms with Crippen LogP contribution in [-0.4, -0.2) is 38.3 Å². The number of hydrogen-bond donors (Lipinski definition) is 1. The first kappa shape index (κ1) is 16.0. The number of carbonyl (C=O) groups is 1. The lowest BCUT2D eigenvalue weighted by atomic mass is 9.96. The average molecular weight is 293 g/mol. The molecule has 1 saturated carbocycles. The third kappa shape index (κ3) is 4.56. The summed E-state index contributed by atoms with van der Waals surface area (Å²) in [5.41, 5.74) is 1.04. The zero-order chi connectivity index (χ0) is 15.2. The van der Waals surface area contributed by atoms with Crippen molar-refractivity contribution in [3.8, 4) is 0 Å². The number of aliphatic carboxylic acids is 1. The van der Waals surface area contributed by atoms with E-state index in [0.717, 1.165) is 18.8 Å². The van der Waals surface area contributed by atoms with Crippen LogP contribution >= 0.6 is 0 Å². The summed E-state index contributed by atoms with van der Waals surface area (Å²) in [6, 6.07) is 2.66. The Labute approximate surface area is 126 Å². The van der Waals surface area contributed by atoms with Gasteiger partial charge in [0.15, 0.2) is 0 Å².